The number of ether oxygens (including phenoxy) is 1. The van der Waals surface area contributed by atoms with Crippen LogP contribution in [0.3, 0.4) is 0 Å². The van der Waals surface area contributed by atoms with Crippen molar-refractivity contribution >= 4 is 28.8 Å². The minimum Gasteiger partial charge on any atom is -0.484 e. The minimum absolute atomic E-state index is 0.0429. The van der Waals surface area contributed by atoms with Crippen molar-refractivity contribution in [1.29, 1.82) is 0 Å². The normalized spacial score (nSPS) is 17.0. The predicted molar refractivity (Wildman–Crippen MR) is 94.5 cm³/mol. The highest BCUT2D eigenvalue weighted by Crippen LogP contribution is 2.35. The van der Waals surface area contributed by atoms with Crippen LogP contribution < -0.4 is 4.74 Å². The lowest BCUT2D eigenvalue weighted by Crippen LogP contribution is -2.41. The summed E-state index contributed by atoms with van der Waals surface area (Å²) in [7, 11) is 0. The summed E-state index contributed by atoms with van der Waals surface area (Å²) in [4.78, 5) is 16.0. The molecule has 0 saturated heterocycles. The van der Waals surface area contributed by atoms with E-state index in [1.807, 2.05) is 17.9 Å². The molecule has 1 aromatic carbocycles. The number of thiophene rings is 1. The van der Waals surface area contributed by atoms with E-state index in [2.05, 4.69) is 18.4 Å². The van der Waals surface area contributed by atoms with E-state index in [1.165, 1.54) is 10.4 Å². The van der Waals surface area contributed by atoms with Crippen molar-refractivity contribution in [3.8, 4) is 5.75 Å². The Morgan fingerprint density at radius 1 is 1.43 bits per heavy atom. The molecule has 1 aromatic heterocycles. The van der Waals surface area contributed by atoms with Crippen molar-refractivity contribution in [3.05, 3.63) is 50.7 Å². The fourth-order valence-corrected chi connectivity index (χ4v) is 4.12. The van der Waals surface area contributed by atoms with Crippen LogP contribution in [0, 0.1) is 6.92 Å². The SMILES string of the molecule is CCC1c2ccsc2CCN1C(=O)COc1ccc(Cl)c(C)c1. The molecular formula is C18H20ClNO2S. The third-order valence-corrected chi connectivity index (χ3v) is 5.71. The molecular weight excluding hydrogens is 330 g/mol. The van der Waals surface area contributed by atoms with Crippen molar-refractivity contribution in [2.45, 2.75) is 32.7 Å². The van der Waals surface area contributed by atoms with Gasteiger partial charge in [0.05, 0.1) is 6.04 Å². The van der Waals surface area contributed by atoms with Crippen LogP contribution in [0.4, 0.5) is 0 Å². The van der Waals surface area contributed by atoms with Crippen molar-refractivity contribution in [2.24, 2.45) is 0 Å². The van der Waals surface area contributed by atoms with E-state index in [-0.39, 0.29) is 18.6 Å². The molecule has 3 nitrogen and oxygen atoms in total. The van der Waals surface area contributed by atoms with Gasteiger partial charge in [0.1, 0.15) is 5.75 Å². The van der Waals surface area contributed by atoms with Gasteiger partial charge < -0.3 is 9.64 Å². The van der Waals surface area contributed by atoms with Crippen LogP contribution in [0.1, 0.15) is 35.4 Å². The summed E-state index contributed by atoms with van der Waals surface area (Å²) in [6.07, 6.45) is 1.87. The smallest absolute Gasteiger partial charge is 0.261 e. The Balaban J connectivity index is 1.67. The summed E-state index contributed by atoms with van der Waals surface area (Å²) < 4.78 is 5.67. The number of aryl methyl sites for hydroxylation is 1. The Kier molecular flexibility index (Phi) is 4.93. The molecule has 1 unspecified atom stereocenters. The predicted octanol–water partition coefficient (Wildman–Crippen LogP) is 4.62. The summed E-state index contributed by atoms with van der Waals surface area (Å²) in [5, 5.41) is 2.82. The second-order valence-electron chi connectivity index (χ2n) is 5.76. The summed E-state index contributed by atoms with van der Waals surface area (Å²) >= 11 is 7.80. The topological polar surface area (TPSA) is 29.5 Å². The number of carbonyl (C=O) groups is 1. The Hall–Kier alpha value is -1.52. The molecule has 1 aliphatic rings. The minimum atomic E-state index is 0.0429. The molecule has 2 aromatic rings. The maximum absolute atomic E-state index is 12.6. The van der Waals surface area contributed by atoms with Gasteiger partial charge >= 0.3 is 0 Å². The van der Waals surface area contributed by atoms with Gasteiger partial charge in [0.15, 0.2) is 6.61 Å². The Labute approximate surface area is 145 Å². The van der Waals surface area contributed by atoms with Gasteiger partial charge in [-0.1, -0.05) is 18.5 Å². The number of halogens is 1. The standard InChI is InChI=1S/C18H20ClNO2S/c1-3-16-14-7-9-23-17(14)6-8-20(16)18(21)11-22-13-4-5-15(19)12(2)10-13/h4-5,7,9-10,16H,3,6,8,11H2,1-2H3. The maximum Gasteiger partial charge on any atom is 0.261 e. The fraction of sp³-hybridized carbons (Fsp3) is 0.389. The molecule has 0 aliphatic carbocycles. The Morgan fingerprint density at radius 3 is 3.00 bits per heavy atom. The lowest BCUT2D eigenvalue weighted by molar-refractivity contribution is -0.136. The number of hydrogen-bond donors (Lipinski definition) is 0. The van der Waals surface area contributed by atoms with Crippen LogP contribution in [0.5, 0.6) is 5.75 Å². The lowest BCUT2D eigenvalue weighted by Gasteiger charge is -2.35. The van der Waals surface area contributed by atoms with E-state index in [0.29, 0.717) is 10.8 Å². The van der Waals surface area contributed by atoms with Crippen molar-refractivity contribution in [2.75, 3.05) is 13.2 Å². The van der Waals surface area contributed by atoms with Crippen LogP contribution in [-0.4, -0.2) is 24.0 Å². The van der Waals surface area contributed by atoms with E-state index in [1.54, 1.807) is 23.5 Å². The molecule has 0 N–H and O–H groups in total. The van der Waals surface area contributed by atoms with Gasteiger partial charge in [-0.25, -0.2) is 0 Å². The fourth-order valence-electron chi connectivity index (χ4n) is 3.07. The quantitative estimate of drug-likeness (QED) is 0.805. The number of amides is 1. The van der Waals surface area contributed by atoms with Gasteiger partial charge in [-0.3, -0.25) is 4.79 Å². The summed E-state index contributed by atoms with van der Waals surface area (Å²) in [5.74, 6) is 0.725. The Morgan fingerprint density at radius 2 is 2.26 bits per heavy atom. The van der Waals surface area contributed by atoms with Gasteiger partial charge in [-0.2, -0.15) is 0 Å². The average Bonchev–Trinajstić information content (AvgIpc) is 3.03. The summed E-state index contributed by atoms with van der Waals surface area (Å²) in [6, 6.07) is 7.78. The molecule has 2 heterocycles. The highest BCUT2D eigenvalue weighted by Gasteiger charge is 2.30. The first kappa shape index (κ1) is 16.3. The molecule has 1 amide bonds. The number of fused-ring (bicyclic) bond motifs is 1. The molecule has 0 bridgehead atoms. The first-order valence-corrected chi connectivity index (χ1v) is 9.10. The molecule has 122 valence electrons. The zero-order valence-electron chi connectivity index (χ0n) is 13.3. The van der Waals surface area contributed by atoms with Crippen molar-refractivity contribution in [1.82, 2.24) is 4.90 Å². The largest absolute Gasteiger partial charge is 0.484 e. The van der Waals surface area contributed by atoms with E-state index in [0.717, 1.165) is 24.9 Å². The zero-order chi connectivity index (χ0) is 16.4. The summed E-state index contributed by atoms with van der Waals surface area (Å²) in [6.45, 7) is 4.89. The van der Waals surface area contributed by atoms with E-state index in [9.17, 15) is 4.79 Å². The number of nitrogens with zero attached hydrogens (tertiary/aromatic N) is 1. The Bertz CT molecular complexity index is 713. The average molecular weight is 350 g/mol. The molecule has 1 aliphatic heterocycles. The molecule has 5 heteroatoms. The molecule has 3 rings (SSSR count). The second kappa shape index (κ2) is 6.93. The number of rotatable bonds is 4. The third-order valence-electron chi connectivity index (χ3n) is 4.29. The van der Waals surface area contributed by atoms with Crippen LogP contribution in [0.2, 0.25) is 5.02 Å². The van der Waals surface area contributed by atoms with E-state index < -0.39 is 0 Å². The summed E-state index contributed by atoms with van der Waals surface area (Å²) in [5.41, 5.74) is 2.25. The van der Waals surface area contributed by atoms with Gasteiger partial charge in [0, 0.05) is 16.4 Å². The molecule has 1 atom stereocenters. The van der Waals surface area contributed by atoms with Crippen LogP contribution in [0.15, 0.2) is 29.6 Å². The van der Waals surface area contributed by atoms with Crippen LogP contribution in [-0.2, 0) is 11.2 Å². The van der Waals surface area contributed by atoms with E-state index >= 15 is 0 Å². The van der Waals surface area contributed by atoms with Crippen molar-refractivity contribution in [3.63, 3.8) is 0 Å². The van der Waals surface area contributed by atoms with Crippen LogP contribution in [0.25, 0.3) is 0 Å². The van der Waals surface area contributed by atoms with Gasteiger partial charge in [0.2, 0.25) is 0 Å². The van der Waals surface area contributed by atoms with Crippen molar-refractivity contribution < 1.29 is 9.53 Å². The molecule has 0 radical (unpaired) electrons. The molecule has 0 fully saturated rings. The lowest BCUT2D eigenvalue weighted by atomic mass is 9.98. The third kappa shape index (κ3) is 3.38. The monoisotopic (exact) mass is 349 g/mol. The highest BCUT2D eigenvalue weighted by atomic mass is 35.5. The molecule has 23 heavy (non-hydrogen) atoms. The van der Waals surface area contributed by atoms with Gasteiger partial charge in [0.25, 0.3) is 5.91 Å². The van der Waals surface area contributed by atoms with Crippen LogP contribution >= 0.6 is 22.9 Å². The molecule has 0 saturated carbocycles. The first-order chi connectivity index (χ1) is 11.1. The van der Waals surface area contributed by atoms with Gasteiger partial charge in [-0.15, -0.1) is 11.3 Å². The maximum atomic E-state index is 12.6. The van der Waals surface area contributed by atoms with Gasteiger partial charge in [-0.05, 0) is 60.5 Å². The van der Waals surface area contributed by atoms with E-state index in [4.69, 9.17) is 16.3 Å². The molecule has 0 spiro atoms. The zero-order valence-corrected chi connectivity index (χ0v) is 14.9. The second-order valence-corrected chi connectivity index (χ2v) is 7.17. The number of hydrogen-bond acceptors (Lipinski definition) is 3. The number of carbonyl (C=O) groups excluding carboxylic acids is 1. The first-order valence-electron chi connectivity index (χ1n) is 7.84. The number of benzene rings is 1. The highest BCUT2D eigenvalue weighted by molar-refractivity contribution is 7.10.